The zero-order chi connectivity index (χ0) is 14.4. The normalized spacial score (nSPS) is 16.1. The minimum absolute atomic E-state index is 0.0319. The van der Waals surface area contributed by atoms with Crippen LogP contribution in [0, 0.1) is 0 Å². The summed E-state index contributed by atoms with van der Waals surface area (Å²) in [7, 11) is 0. The highest BCUT2D eigenvalue weighted by atomic mass is 16.5. The number of nitrogens with zero attached hydrogens (tertiary/aromatic N) is 2. The lowest BCUT2D eigenvalue weighted by Crippen LogP contribution is -2.50. The van der Waals surface area contributed by atoms with E-state index < -0.39 is 0 Å². The van der Waals surface area contributed by atoms with Gasteiger partial charge in [-0.2, -0.15) is 0 Å². The van der Waals surface area contributed by atoms with Crippen molar-refractivity contribution < 1.29 is 9.53 Å². The predicted octanol–water partition coefficient (Wildman–Crippen LogP) is 1.20. The molecule has 2 rings (SSSR count). The summed E-state index contributed by atoms with van der Waals surface area (Å²) in [6.45, 7) is 6.82. The molecule has 0 unspecified atom stereocenters. The summed E-state index contributed by atoms with van der Waals surface area (Å²) in [5.74, 6) is 0.606. The zero-order valence-electron chi connectivity index (χ0n) is 12.0. The van der Waals surface area contributed by atoms with E-state index in [0.717, 1.165) is 39.1 Å². The Morgan fingerprint density at radius 1 is 1.25 bits per heavy atom. The second kappa shape index (κ2) is 7.14. The summed E-state index contributed by atoms with van der Waals surface area (Å²) in [6.07, 6.45) is 1.16. The van der Waals surface area contributed by atoms with Crippen molar-refractivity contribution in [1.82, 2.24) is 9.80 Å². The highest BCUT2D eigenvalue weighted by Crippen LogP contribution is 2.19. The number of nitrogens with two attached hydrogens (primary N) is 1. The average molecular weight is 277 g/mol. The Hall–Kier alpha value is -1.75. The largest absolute Gasteiger partial charge is 0.482 e. The maximum Gasteiger partial charge on any atom is 0.260 e. The number of nitrogen functional groups attached to an aromatic ring is 1. The second-order valence-corrected chi connectivity index (χ2v) is 5.05. The Kier molecular flexibility index (Phi) is 5.24. The van der Waals surface area contributed by atoms with Crippen molar-refractivity contribution in [3.8, 4) is 5.75 Å². The lowest BCUT2D eigenvalue weighted by Gasteiger charge is -2.34. The van der Waals surface area contributed by atoms with Crippen molar-refractivity contribution in [2.75, 3.05) is 45.1 Å². The maximum atomic E-state index is 12.1. The van der Waals surface area contributed by atoms with Gasteiger partial charge in [0.05, 0.1) is 5.69 Å². The van der Waals surface area contributed by atoms with Gasteiger partial charge >= 0.3 is 0 Å². The van der Waals surface area contributed by atoms with Crippen LogP contribution in [0.1, 0.15) is 13.3 Å². The molecule has 1 aliphatic heterocycles. The molecular formula is C15H23N3O2. The molecule has 110 valence electrons. The molecule has 0 radical (unpaired) electrons. The van der Waals surface area contributed by atoms with E-state index in [1.54, 1.807) is 12.1 Å². The van der Waals surface area contributed by atoms with Gasteiger partial charge in [-0.1, -0.05) is 19.1 Å². The third-order valence-electron chi connectivity index (χ3n) is 3.53. The van der Waals surface area contributed by atoms with E-state index in [-0.39, 0.29) is 12.5 Å². The summed E-state index contributed by atoms with van der Waals surface area (Å²) in [6, 6.07) is 7.24. The van der Waals surface area contributed by atoms with Crippen molar-refractivity contribution in [3.05, 3.63) is 24.3 Å². The molecule has 5 heteroatoms. The molecule has 1 fully saturated rings. The molecule has 1 saturated heterocycles. The van der Waals surface area contributed by atoms with Gasteiger partial charge in [0, 0.05) is 26.2 Å². The molecule has 0 aromatic heterocycles. The van der Waals surface area contributed by atoms with E-state index in [9.17, 15) is 4.79 Å². The Morgan fingerprint density at radius 3 is 2.60 bits per heavy atom. The molecule has 1 heterocycles. The first-order chi connectivity index (χ1) is 9.70. The first-order valence-corrected chi connectivity index (χ1v) is 7.18. The number of hydrogen-bond donors (Lipinski definition) is 1. The molecule has 1 amide bonds. The number of para-hydroxylation sites is 2. The molecular weight excluding hydrogens is 254 g/mol. The lowest BCUT2D eigenvalue weighted by atomic mass is 10.3. The Bertz CT molecular complexity index is 442. The van der Waals surface area contributed by atoms with Crippen LogP contribution in [0.3, 0.4) is 0 Å². The van der Waals surface area contributed by atoms with Crippen LogP contribution in [-0.4, -0.2) is 55.0 Å². The van der Waals surface area contributed by atoms with Crippen LogP contribution in [0.15, 0.2) is 24.3 Å². The van der Waals surface area contributed by atoms with Crippen molar-refractivity contribution in [1.29, 1.82) is 0 Å². The minimum Gasteiger partial charge on any atom is -0.482 e. The van der Waals surface area contributed by atoms with Gasteiger partial charge in [0.1, 0.15) is 5.75 Å². The number of rotatable bonds is 5. The van der Waals surface area contributed by atoms with Gasteiger partial charge in [0.25, 0.3) is 5.91 Å². The fraction of sp³-hybridized carbons (Fsp3) is 0.533. The monoisotopic (exact) mass is 277 g/mol. The number of carbonyl (C=O) groups is 1. The average Bonchev–Trinajstić information content (AvgIpc) is 2.47. The fourth-order valence-electron chi connectivity index (χ4n) is 2.38. The molecule has 20 heavy (non-hydrogen) atoms. The van der Waals surface area contributed by atoms with Gasteiger partial charge in [-0.25, -0.2) is 0 Å². The topological polar surface area (TPSA) is 58.8 Å². The highest BCUT2D eigenvalue weighted by Gasteiger charge is 2.20. The number of benzene rings is 1. The third-order valence-corrected chi connectivity index (χ3v) is 3.53. The fourth-order valence-corrected chi connectivity index (χ4v) is 2.38. The zero-order valence-corrected chi connectivity index (χ0v) is 12.0. The molecule has 0 saturated carbocycles. The Labute approximate surface area is 120 Å². The van der Waals surface area contributed by atoms with Crippen molar-refractivity contribution >= 4 is 11.6 Å². The SMILES string of the molecule is CCCN1CCN(C(=O)COc2ccccc2N)CC1. The van der Waals surface area contributed by atoms with Crippen LogP contribution >= 0.6 is 0 Å². The highest BCUT2D eigenvalue weighted by molar-refractivity contribution is 5.78. The molecule has 0 spiro atoms. The smallest absolute Gasteiger partial charge is 0.260 e. The summed E-state index contributed by atoms with van der Waals surface area (Å²) in [5, 5.41) is 0. The van der Waals surface area contributed by atoms with Crippen molar-refractivity contribution in [2.45, 2.75) is 13.3 Å². The standard InChI is InChI=1S/C15H23N3O2/c1-2-7-17-8-10-18(11-9-17)15(19)12-20-14-6-4-3-5-13(14)16/h3-6H,2,7-12,16H2,1H3. The third kappa shape index (κ3) is 3.87. The summed E-state index contributed by atoms with van der Waals surface area (Å²) < 4.78 is 5.50. The van der Waals surface area contributed by atoms with Gasteiger partial charge in [-0.05, 0) is 25.1 Å². The van der Waals surface area contributed by atoms with E-state index in [1.807, 2.05) is 17.0 Å². The van der Waals surface area contributed by atoms with Gasteiger partial charge in [0.15, 0.2) is 6.61 Å². The van der Waals surface area contributed by atoms with Crippen LogP contribution in [0.5, 0.6) is 5.75 Å². The number of amides is 1. The first kappa shape index (κ1) is 14.7. The van der Waals surface area contributed by atoms with Crippen LogP contribution in [0.25, 0.3) is 0 Å². The van der Waals surface area contributed by atoms with Crippen LogP contribution in [-0.2, 0) is 4.79 Å². The minimum atomic E-state index is 0.0319. The van der Waals surface area contributed by atoms with Crippen molar-refractivity contribution in [3.63, 3.8) is 0 Å². The number of hydrogen-bond acceptors (Lipinski definition) is 4. The molecule has 0 atom stereocenters. The molecule has 1 aliphatic rings. The summed E-state index contributed by atoms with van der Waals surface area (Å²) in [5.41, 5.74) is 6.34. The van der Waals surface area contributed by atoms with Crippen LogP contribution in [0.4, 0.5) is 5.69 Å². The summed E-state index contributed by atoms with van der Waals surface area (Å²) in [4.78, 5) is 16.3. The molecule has 1 aromatic rings. The van der Waals surface area contributed by atoms with E-state index in [2.05, 4.69) is 11.8 Å². The van der Waals surface area contributed by atoms with Crippen LogP contribution in [0.2, 0.25) is 0 Å². The Balaban J connectivity index is 1.77. The summed E-state index contributed by atoms with van der Waals surface area (Å²) >= 11 is 0. The van der Waals surface area contributed by atoms with E-state index in [4.69, 9.17) is 10.5 Å². The van der Waals surface area contributed by atoms with E-state index >= 15 is 0 Å². The Morgan fingerprint density at radius 2 is 1.95 bits per heavy atom. The van der Waals surface area contributed by atoms with Crippen LogP contribution < -0.4 is 10.5 Å². The molecule has 0 aliphatic carbocycles. The van der Waals surface area contributed by atoms with E-state index in [1.165, 1.54) is 0 Å². The molecule has 0 bridgehead atoms. The van der Waals surface area contributed by atoms with Gasteiger partial charge in [-0.15, -0.1) is 0 Å². The molecule has 2 N–H and O–H groups in total. The second-order valence-electron chi connectivity index (χ2n) is 5.05. The van der Waals surface area contributed by atoms with E-state index in [0.29, 0.717) is 11.4 Å². The molecule has 1 aromatic carbocycles. The number of ether oxygens (including phenoxy) is 1. The quantitative estimate of drug-likeness (QED) is 0.822. The number of piperazine rings is 1. The predicted molar refractivity (Wildman–Crippen MR) is 79.7 cm³/mol. The van der Waals surface area contributed by atoms with Gasteiger partial charge < -0.3 is 15.4 Å². The number of anilines is 1. The number of carbonyl (C=O) groups excluding carboxylic acids is 1. The first-order valence-electron chi connectivity index (χ1n) is 7.18. The van der Waals surface area contributed by atoms with Crippen molar-refractivity contribution in [2.24, 2.45) is 0 Å². The van der Waals surface area contributed by atoms with Gasteiger partial charge in [0.2, 0.25) is 0 Å². The molecule has 5 nitrogen and oxygen atoms in total. The van der Waals surface area contributed by atoms with Gasteiger partial charge in [-0.3, -0.25) is 9.69 Å². The lowest BCUT2D eigenvalue weighted by molar-refractivity contribution is -0.135. The maximum absolute atomic E-state index is 12.1.